The summed E-state index contributed by atoms with van der Waals surface area (Å²) in [6.45, 7) is 8.48. The van der Waals surface area contributed by atoms with Crippen LogP contribution in [0.15, 0.2) is 18.2 Å². The van der Waals surface area contributed by atoms with E-state index in [9.17, 15) is 4.79 Å². The first-order chi connectivity index (χ1) is 9.08. The monoisotopic (exact) mass is 259 g/mol. The van der Waals surface area contributed by atoms with Gasteiger partial charge in [0.05, 0.1) is 0 Å². The van der Waals surface area contributed by atoms with Crippen LogP contribution in [0, 0.1) is 12.8 Å². The van der Waals surface area contributed by atoms with E-state index >= 15 is 0 Å². The van der Waals surface area contributed by atoms with Crippen molar-refractivity contribution in [1.29, 1.82) is 0 Å². The second kappa shape index (κ2) is 6.33. The van der Waals surface area contributed by atoms with E-state index in [4.69, 9.17) is 0 Å². The van der Waals surface area contributed by atoms with Crippen LogP contribution in [0.5, 0.6) is 0 Å². The van der Waals surface area contributed by atoms with Gasteiger partial charge in [0.2, 0.25) is 0 Å². The van der Waals surface area contributed by atoms with Crippen molar-refractivity contribution in [3.63, 3.8) is 0 Å². The van der Waals surface area contributed by atoms with Gasteiger partial charge in [-0.1, -0.05) is 26.0 Å². The number of aryl methyl sites for hydroxylation is 1. The van der Waals surface area contributed by atoms with Crippen molar-refractivity contribution in [2.75, 3.05) is 13.1 Å². The first-order valence-corrected chi connectivity index (χ1v) is 7.42. The molecule has 0 aliphatic carbocycles. The molecular weight excluding hydrogens is 234 g/mol. The molecule has 2 heteroatoms. The zero-order chi connectivity index (χ0) is 13.8. The van der Waals surface area contributed by atoms with Gasteiger partial charge in [-0.25, -0.2) is 0 Å². The SMILES string of the molecule is Cc1ccc(C(C)C)cc1C(=O)CC1CCCNC1. The van der Waals surface area contributed by atoms with E-state index in [2.05, 4.69) is 37.4 Å². The molecule has 0 radical (unpaired) electrons. The Labute approximate surface area is 116 Å². The number of hydrogen-bond acceptors (Lipinski definition) is 2. The van der Waals surface area contributed by atoms with Gasteiger partial charge in [0.25, 0.3) is 0 Å². The molecule has 1 aliphatic heterocycles. The zero-order valence-corrected chi connectivity index (χ0v) is 12.3. The number of carbonyl (C=O) groups excluding carboxylic acids is 1. The van der Waals surface area contributed by atoms with Crippen LogP contribution in [-0.4, -0.2) is 18.9 Å². The topological polar surface area (TPSA) is 29.1 Å². The number of carbonyl (C=O) groups is 1. The molecule has 19 heavy (non-hydrogen) atoms. The second-order valence-corrected chi connectivity index (χ2v) is 6.07. The summed E-state index contributed by atoms with van der Waals surface area (Å²) in [5, 5.41) is 3.38. The molecule has 1 fully saturated rings. The largest absolute Gasteiger partial charge is 0.316 e. The summed E-state index contributed by atoms with van der Waals surface area (Å²) in [7, 11) is 0. The Morgan fingerprint density at radius 1 is 1.42 bits per heavy atom. The van der Waals surface area contributed by atoms with E-state index in [0.717, 1.165) is 24.2 Å². The standard InChI is InChI=1S/C17H25NO/c1-12(2)15-7-6-13(3)16(10-15)17(19)9-14-5-4-8-18-11-14/h6-7,10,12,14,18H,4-5,8-9,11H2,1-3H3. The van der Waals surface area contributed by atoms with Gasteiger partial charge in [0.1, 0.15) is 0 Å². The fourth-order valence-corrected chi connectivity index (χ4v) is 2.77. The molecule has 0 bridgehead atoms. The predicted octanol–water partition coefficient (Wildman–Crippen LogP) is 3.69. The van der Waals surface area contributed by atoms with Gasteiger partial charge in [-0.05, 0) is 61.9 Å². The summed E-state index contributed by atoms with van der Waals surface area (Å²) in [5.74, 6) is 1.31. The Bertz CT molecular complexity index is 445. The van der Waals surface area contributed by atoms with Crippen molar-refractivity contribution in [2.24, 2.45) is 5.92 Å². The molecular formula is C17H25NO. The Kier molecular flexibility index (Phi) is 4.76. The summed E-state index contributed by atoms with van der Waals surface area (Å²) in [4.78, 5) is 12.5. The second-order valence-electron chi connectivity index (χ2n) is 6.07. The van der Waals surface area contributed by atoms with Crippen LogP contribution in [0.25, 0.3) is 0 Å². The first-order valence-electron chi connectivity index (χ1n) is 7.42. The number of piperidine rings is 1. The molecule has 1 atom stereocenters. The average molecular weight is 259 g/mol. The summed E-state index contributed by atoms with van der Waals surface area (Å²) >= 11 is 0. The Balaban J connectivity index is 2.11. The van der Waals surface area contributed by atoms with Crippen LogP contribution in [0.4, 0.5) is 0 Å². The Morgan fingerprint density at radius 3 is 2.84 bits per heavy atom. The average Bonchev–Trinajstić information content (AvgIpc) is 2.40. The molecule has 2 rings (SSSR count). The van der Waals surface area contributed by atoms with E-state index in [1.54, 1.807) is 0 Å². The van der Waals surface area contributed by atoms with E-state index in [1.165, 1.54) is 18.4 Å². The lowest BCUT2D eigenvalue weighted by Crippen LogP contribution is -2.31. The normalized spacial score (nSPS) is 19.7. The Hall–Kier alpha value is -1.15. The lowest BCUT2D eigenvalue weighted by molar-refractivity contribution is 0.0953. The maximum Gasteiger partial charge on any atom is 0.163 e. The minimum Gasteiger partial charge on any atom is -0.316 e. The number of rotatable bonds is 4. The van der Waals surface area contributed by atoms with Gasteiger partial charge >= 0.3 is 0 Å². The molecule has 1 aromatic carbocycles. The molecule has 0 saturated carbocycles. The smallest absolute Gasteiger partial charge is 0.163 e. The highest BCUT2D eigenvalue weighted by Gasteiger charge is 2.19. The lowest BCUT2D eigenvalue weighted by atomic mass is 9.89. The molecule has 2 nitrogen and oxygen atoms in total. The van der Waals surface area contributed by atoms with Crippen LogP contribution in [0.1, 0.15) is 60.5 Å². The molecule has 1 N–H and O–H groups in total. The Morgan fingerprint density at radius 2 is 2.21 bits per heavy atom. The highest BCUT2D eigenvalue weighted by atomic mass is 16.1. The number of benzene rings is 1. The first kappa shape index (κ1) is 14.3. The van der Waals surface area contributed by atoms with Gasteiger partial charge < -0.3 is 5.32 Å². The fourth-order valence-electron chi connectivity index (χ4n) is 2.77. The third-order valence-electron chi connectivity index (χ3n) is 4.10. The van der Waals surface area contributed by atoms with E-state index in [0.29, 0.717) is 24.0 Å². The van der Waals surface area contributed by atoms with Crippen LogP contribution in [0.2, 0.25) is 0 Å². The van der Waals surface area contributed by atoms with Gasteiger partial charge in [-0.3, -0.25) is 4.79 Å². The molecule has 0 spiro atoms. The minimum absolute atomic E-state index is 0.314. The summed E-state index contributed by atoms with van der Waals surface area (Å²) < 4.78 is 0. The van der Waals surface area contributed by atoms with Gasteiger partial charge in [-0.2, -0.15) is 0 Å². The van der Waals surface area contributed by atoms with Crippen molar-refractivity contribution < 1.29 is 4.79 Å². The molecule has 0 aromatic heterocycles. The highest BCUT2D eigenvalue weighted by Crippen LogP contribution is 2.22. The van der Waals surface area contributed by atoms with Crippen LogP contribution >= 0.6 is 0 Å². The van der Waals surface area contributed by atoms with Gasteiger partial charge in [0.15, 0.2) is 5.78 Å². The number of Topliss-reactive ketones (excluding diaryl/α,β-unsaturated/α-hetero) is 1. The quantitative estimate of drug-likeness (QED) is 0.836. The maximum absolute atomic E-state index is 12.5. The maximum atomic E-state index is 12.5. The fraction of sp³-hybridized carbons (Fsp3) is 0.588. The van der Waals surface area contributed by atoms with Crippen molar-refractivity contribution in [3.05, 3.63) is 34.9 Å². The molecule has 1 unspecified atom stereocenters. The summed E-state index contributed by atoms with van der Waals surface area (Å²) in [6.07, 6.45) is 3.07. The van der Waals surface area contributed by atoms with Crippen molar-refractivity contribution in [1.82, 2.24) is 5.32 Å². The molecule has 1 heterocycles. The van der Waals surface area contributed by atoms with E-state index in [1.807, 2.05) is 6.92 Å². The minimum atomic E-state index is 0.314. The van der Waals surface area contributed by atoms with Crippen molar-refractivity contribution >= 4 is 5.78 Å². The van der Waals surface area contributed by atoms with Gasteiger partial charge in [0, 0.05) is 12.0 Å². The highest BCUT2D eigenvalue weighted by molar-refractivity contribution is 5.97. The van der Waals surface area contributed by atoms with Crippen LogP contribution in [-0.2, 0) is 0 Å². The summed E-state index contributed by atoms with van der Waals surface area (Å²) in [5.41, 5.74) is 3.30. The molecule has 1 aliphatic rings. The number of ketones is 1. The molecule has 1 saturated heterocycles. The molecule has 1 aromatic rings. The van der Waals surface area contributed by atoms with Crippen LogP contribution in [0.3, 0.4) is 0 Å². The van der Waals surface area contributed by atoms with Crippen molar-refractivity contribution in [2.45, 2.75) is 46.0 Å². The third-order valence-corrected chi connectivity index (χ3v) is 4.10. The van der Waals surface area contributed by atoms with E-state index in [-0.39, 0.29) is 0 Å². The van der Waals surface area contributed by atoms with Crippen molar-refractivity contribution in [3.8, 4) is 0 Å². The zero-order valence-electron chi connectivity index (χ0n) is 12.3. The van der Waals surface area contributed by atoms with Gasteiger partial charge in [-0.15, -0.1) is 0 Å². The van der Waals surface area contributed by atoms with E-state index < -0.39 is 0 Å². The summed E-state index contributed by atoms with van der Waals surface area (Å²) in [6, 6.07) is 6.32. The molecule has 104 valence electrons. The lowest BCUT2D eigenvalue weighted by Gasteiger charge is -2.22. The predicted molar refractivity (Wildman–Crippen MR) is 79.8 cm³/mol. The number of nitrogens with one attached hydrogen (secondary N) is 1. The molecule has 0 amide bonds. The third kappa shape index (κ3) is 3.66. The number of hydrogen-bond donors (Lipinski definition) is 1. The van der Waals surface area contributed by atoms with Crippen LogP contribution < -0.4 is 5.32 Å².